The average molecular weight is 571 g/mol. The van der Waals surface area contributed by atoms with E-state index in [4.69, 9.17) is 11.6 Å². The van der Waals surface area contributed by atoms with Gasteiger partial charge in [0.15, 0.2) is 11.5 Å². The molecule has 1 amide bonds. The number of aliphatic imine (C=N–C) groups is 1. The molecule has 0 spiro atoms. The molecule has 37 heavy (non-hydrogen) atoms. The first kappa shape index (κ1) is 28.3. The number of alkyl halides is 3. The van der Waals surface area contributed by atoms with Gasteiger partial charge in [0.2, 0.25) is 15.9 Å². The van der Waals surface area contributed by atoms with Crippen molar-refractivity contribution in [3.8, 4) is 0 Å². The fraction of sp³-hybridized carbons (Fsp3) is 0.421. The topological polar surface area (TPSA) is 156 Å². The molecule has 0 radical (unpaired) electrons. The molecule has 12 nitrogen and oxygen atoms in total. The van der Waals surface area contributed by atoms with Crippen LogP contribution in [0.2, 0.25) is 5.02 Å². The summed E-state index contributed by atoms with van der Waals surface area (Å²) in [6, 6.07) is 3.05. The van der Waals surface area contributed by atoms with Crippen LogP contribution in [0.3, 0.4) is 0 Å². The summed E-state index contributed by atoms with van der Waals surface area (Å²) in [5.41, 5.74) is 0.958. The Morgan fingerprint density at radius 2 is 1.95 bits per heavy atom. The third-order valence-electron chi connectivity index (χ3n) is 5.16. The van der Waals surface area contributed by atoms with Gasteiger partial charge in [-0.15, -0.1) is 0 Å². The second kappa shape index (κ2) is 11.4. The van der Waals surface area contributed by atoms with Crippen LogP contribution in [0.5, 0.6) is 0 Å². The zero-order chi connectivity index (χ0) is 27.4. The van der Waals surface area contributed by atoms with Gasteiger partial charge in [-0.1, -0.05) is 16.8 Å². The SMILES string of the molecule is CC(=O)N1CCC(S(=O)(=O)NCc2nonc2C(=Nc2ccc(F)c(Cl)c2)NOC(=O)C(F)(F)F)CC1. The van der Waals surface area contributed by atoms with Gasteiger partial charge in [0, 0.05) is 20.0 Å². The van der Waals surface area contributed by atoms with Gasteiger partial charge in [0.05, 0.1) is 22.5 Å². The van der Waals surface area contributed by atoms with E-state index in [-0.39, 0.29) is 48.2 Å². The lowest BCUT2D eigenvalue weighted by Gasteiger charge is -2.30. The molecule has 2 heterocycles. The summed E-state index contributed by atoms with van der Waals surface area (Å²) in [7, 11) is -3.92. The number of hydrogen-bond acceptors (Lipinski definition) is 9. The summed E-state index contributed by atoms with van der Waals surface area (Å²) >= 11 is 5.70. The van der Waals surface area contributed by atoms with E-state index in [9.17, 15) is 35.6 Å². The maximum atomic E-state index is 13.5. The normalized spacial score (nSPS) is 15.5. The molecule has 1 aromatic heterocycles. The molecule has 0 saturated carbocycles. The summed E-state index contributed by atoms with van der Waals surface area (Å²) in [4.78, 5) is 32.1. The molecule has 202 valence electrons. The van der Waals surface area contributed by atoms with Crippen molar-refractivity contribution in [3.63, 3.8) is 0 Å². The summed E-state index contributed by atoms with van der Waals surface area (Å²) in [6.07, 6.45) is -4.98. The summed E-state index contributed by atoms with van der Waals surface area (Å²) < 4.78 is 83.6. The third kappa shape index (κ3) is 7.36. The molecule has 0 aliphatic carbocycles. The molecule has 1 fully saturated rings. The highest BCUT2D eigenvalue weighted by molar-refractivity contribution is 7.90. The maximum absolute atomic E-state index is 13.5. The Bertz CT molecular complexity index is 1290. The van der Waals surface area contributed by atoms with Gasteiger partial charge < -0.3 is 9.74 Å². The summed E-state index contributed by atoms with van der Waals surface area (Å²) in [6.45, 7) is 1.36. The molecule has 1 aromatic carbocycles. The first-order chi connectivity index (χ1) is 17.3. The number of hydroxylamine groups is 1. The van der Waals surface area contributed by atoms with Crippen molar-refractivity contribution in [1.29, 1.82) is 0 Å². The van der Waals surface area contributed by atoms with Crippen LogP contribution in [-0.2, 0) is 31.0 Å². The van der Waals surface area contributed by atoms with E-state index in [1.54, 1.807) is 5.48 Å². The smallest absolute Gasteiger partial charge is 0.343 e. The van der Waals surface area contributed by atoms with Crippen LogP contribution < -0.4 is 10.2 Å². The van der Waals surface area contributed by atoms with Crippen molar-refractivity contribution in [1.82, 2.24) is 25.4 Å². The number of aromatic nitrogens is 2. The Morgan fingerprint density at radius 1 is 1.27 bits per heavy atom. The number of amidine groups is 1. The van der Waals surface area contributed by atoms with E-state index >= 15 is 0 Å². The van der Waals surface area contributed by atoms with Gasteiger partial charge in [0.25, 0.3) is 0 Å². The molecule has 1 aliphatic rings. The van der Waals surface area contributed by atoms with E-state index in [1.807, 2.05) is 0 Å². The molecular formula is C19H19ClF4N6O6S. The predicted octanol–water partition coefficient (Wildman–Crippen LogP) is 1.98. The summed E-state index contributed by atoms with van der Waals surface area (Å²) in [5.74, 6) is -4.24. The second-order valence-corrected chi connectivity index (χ2v) is 10.1. The lowest BCUT2D eigenvalue weighted by molar-refractivity contribution is -0.203. The number of halogens is 5. The Kier molecular flexibility index (Phi) is 8.70. The number of carbonyl (C=O) groups excluding carboxylic acids is 2. The van der Waals surface area contributed by atoms with Crippen LogP contribution in [0.15, 0.2) is 27.8 Å². The van der Waals surface area contributed by atoms with E-state index in [0.29, 0.717) is 0 Å². The number of carbonyl (C=O) groups is 2. The molecule has 1 aliphatic heterocycles. The van der Waals surface area contributed by atoms with Crippen molar-refractivity contribution in [2.24, 2.45) is 4.99 Å². The molecule has 2 aromatic rings. The van der Waals surface area contributed by atoms with Crippen molar-refractivity contribution < 1.29 is 45.0 Å². The molecule has 2 N–H and O–H groups in total. The zero-order valence-corrected chi connectivity index (χ0v) is 20.5. The number of amides is 1. The van der Waals surface area contributed by atoms with Crippen LogP contribution >= 0.6 is 11.6 Å². The van der Waals surface area contributed by atoms with Crippen molar-refractivity contribution in [3.05, 3.63) is 40.4 Å². The molecule has 0 unspecified atom stereocenters. The van der Waals surface area contributed by atoms with Gasteiger partial charge >= 0.3 is 12.1 Å². The Morgan fingerprint density at radius 3 is 2.54 bits per heavy atom. The fourth-order valence-corrected chi connectivity index (χ4v) is 4.81. The average Bonchev–Trinajstić information content (AvgIpc) is 3.30. The van der Waals surface area contributed by atoms with E-state index in [2.05, 4.69) is 29.5 Å². The largest absolute Gasteiger partial charge is 0.493 e. The van der Waals surface area contributed by atoms with E-state index < -0.39 is 51.3 Å². The van der Waals surface area contributed by atoms with Gasteiger partial charge in [-0.05, 0) is 36.2 Å². The van der Waals surface area contributed by atoms with Crippen molar-refractivity contribution >= 4 is 45.0 Å². The van der Waals surface area contributed by atoms with Crippen LogP contribution in [-0.4, -0.2) is 65.9 Å². The molecular weight excluding hydrogens is 552 g/mol. The van der Waals surface area contributed by atoms with Crippen LogP contribution in [0.25, 0.3) is 0 Å². The van der Waals surface area contributed by atoms with Crippen LogP contribution in [0.4, 0.5) is 23.2 Å². The molecule has 0 bridgehead atoms. The van der Waals surface area contributed by atoms with Crippen LogP contribution in [0.1, 0.15) is 31.2 Å². The van der Waals surface area contributed by atoms with Crippen molar-refractivity contribution in [2.75, 3.05) is 13.1 Å². The highest BCUT2D eigenvalue weighted by atomic mass is 35.5. The number of likely N-dealkylation sites (tertiary alicyclic amines) is 1. The number of hydrogen-bond donors (Lipinski definition) is 2. The maximum Gasteiger partial charge on any atom is 0.493 e. The second-order valence-electron chi connectivity index (χ2n) is 7.68. The molecule has 0 atom stereocenters. The first-order valence-corrected chi connectivity index (χ1v) is 12.3. The minimum absolute atomic E-state index is 0.0938. The molecule has 3 rings (SSSR count). The Balaban J connectivity index is 1.81. The number of rotatable bonds is 6. The standard InChI is InChI=1S/C19H19ClF4N6O6S/c1-10(31)30-6-4-12(5-7-30)37(33,34)25-9-15-16(28-36-27-15)17(29-35-18(32)19(22,23)24)26-11-2-3-14(21)13(20)8-11/h2-3,8,12,25H,4-7,9H2,1H3,(H,26,29). The first-order valence-electron chi connectivity index (χ1n) is 10.4. The number of nitrogens with zero attached hydrogens (tertiary/aromatic N) is 4. The predicted molar refractivity (Wildman–Crippen MR) is 118 cm³/mol. The fourth-order valence-electron chi connectivity index (χ4n) is 3.23. The quantitative estimate of drug-likeness (QED) is 0.229. The highest BCUT2D eigenvalue weighted by Crippen LogP contribution is 2.23. The molecule has 1 saturated heterocycles. The van der Waals surface area contributed by atoms with Crippen LogP contribution in [0, 0.1) is 5.82 Å². The van der Waals surface area contributed by atoms with Gasteiger partial charge in [-0.2, -0.15) is 18.7 Å². The van der Waals surface area contributed by atoms with Gasteiger partial charge in [-0.3, -0.25) is 4.79 Å². The highest BCUT2D eigenvalue weighted by Gasteiger charge is 2.42. The van der Waals surface area contributed by atoms with E-state index in [1.165, 1.54) is 11.8 Å². The number of sulfonamides is 1. The Hall–Kier alpha value is -3.31. The van der Waals surface area contributed by atoms with Crippen molar-refractivity contribution in [2.45, 2.75) is 37.7 Å². The lowest BCUT2D eigenvalue weighted by Crippen LogP contribution is -2.44. The molecule has 18 heteroatoms. The third-order valence-corrected chi connectivity index (χ3v) is 7.35. The number of nitrogens with one attached hydrogen (secondary N) is 2. The lowest BCUT2D eigenvalue weighted by atomic mass is 10.1. The monoisotopic (exact) mass is 570 g/mol. The summed E-state index contributed by atoms with van der Waals surface area (Å²) in [5, 5.41) is 5.85. The Labute approximate surface area is 212 Å². The van der Waals surface area contributed by atoms with Gasteiger partial charge in [-0.25, -0.2) is 31.9 Å². The van der Waals surface area contributed by atoms with Gasteiger partial charge in [0.1, 0.15) is 11.5 Å². The minimum Gasteiger partial charge on any atom is -0.343 e. The number of piperidine rings is 1. The minimum atomic E-state index is -5.35. The zero-order valence-electron chi connectivity index (χ0n) is 18.9. The number of benzene rings is 1. The van der Waals surface area contributed by atoms with E-state index in [0.717, 1.165) is 18.2 Å².